The highest BCUT2D eigenvalue weighted by atomic mass is 16.3. The zero-order chi connectivity index (χ0) is 12.4. The molecule has 0 saturated carbocycles. The molecule has 0 amide bonds. The van der Waals surface area contributed by atoms with Gasteiger partial charge in [-0.05, 0) is 31.5 Å². The van der Waals surface area contributed by atoms with Crippen LogP contribution in [-0.2, 0) is 6.54 Å². The van der Waals surface area contributed by atoms with Crippen LogP contribution in [0.4, 0.5) is 11.5 Å². The smallest absolute Gasteiger partial charge is 0.130 e. The molecule has 0 unspecified atom stereocenters. The summed E-state index contributed by atoms with van der Waals surface area (Å²) in [5.41, 5.74) is 7.62. The third kappa shape index (κ3) is 2.58. The SMILES string of the molecule is Cc1ccc(CN(C)c2cc(N)c(C)cn2)o1. The Bertz CT molecular complexity index is 519. The number of anilines is 2. The second kappa shape index (κ2) is 4.49. The van der Waals surface area contributed by atoms with Crippen LogP contribution in [0, 0.1) is 13.8 Å². The van der Waals surface area contributed by atoms with Gasteiger partial charge in [0.1, 0.15) is 17.3 Å². The molecule has 17 heavy (non-hydrogen) atoms. The average Bonchev–Trinajstić information content (AvgIpc) is 2.68. The Morgan fingerprint density at radius 1 is 1.35 bits per heavy atom. The summed E-state index contributed by atoms with van der Waals surface area (Å²) in [6.07, 6.45) is 1.79. The summed E-state index contributed by atoms with van der Waals surface area (Å²) in [7, 11) is 1.97. The van der Waals surface area contributed by atoms with E-state index in [0.717, 1.165) is 28.6 Å². The van der Waals surface area contributed by atoms with Gasteiger partial charge in [-0.15, -0.1) is 0 Å². The predicted molar refractivity (Wildman–Crippen MR) is 68.9 cm³/mol. The molecule has 0 bridgehead atoms. The van der Waals surface area contributed by atoms with Crippen molar-refractivity contribution in [3.05, 3.63) is 41.5 Å². The number of furan rings is 1. The van der Waals surface area contributed by atoms with E-state index in [1.54, 1.807) is 6.20 Å². The normalized spacial score (nSPS) is 10.5. The van der Waals surface area contributed by atoms with Crippen molar-refractivity contribution in [1.82, 2.24) is 4.98 Å². The zero-order valence-corrected chi connectivity index (χ0v) is 10.4. The molecule has 0 spiro atoms. The first-order valence-electron chi connectivity index (χ1n) is 5.55. The van der Waals surface area contributed by atoms with Crippen molar-refractivity contribution in [1.29, 1.82) is 0 Å². The van der Waals surface area contributed by atoms with E-state index < -0.39 is 0 Å². The number of nitrogens with zero attached hydrogens (tertiary/aromatic N) is 2. The van der Waals surface area contributed by atoms with E-state index >= 15 is 0 Å². The lowest BCUT2D eigenvalue weighted by Gasteiger charge is -2.17. The fourth-order valence-electron chi connectivity index (χ4n) is 1.62. The minimum absolute atomic E-state index is 0.684. The second-order valence-corrected chi connectivity index (χ2v) is 4.27. The van der Waals surface area contributed by atoms with Gasteiger partial charge in [-0.2, -0.15) is 0 Å². The number of aromatic nitrogens is 1. The molecule has 0 fully saturated rings. The van der Waals surface area contributed by atoms with Crippen LogP contribution in [0.5, 0.6) is 0 Å². The molecule has 0 radical (unpaired) electrons. The van der Waals surface area contributed by atoms with Crippen molar-refractivity contribution in [3.63, 3.8) is 0 Å². The molecule has 0 aliphatic heterocycles. The van der Waals surface area contributed by atoms with Gasteiger partial charge in [-0.25, -0.2) is 4.98 Å². The maximum atomic E-state index is 5.87. The molecule has 2 heterocycles. The summed E-state index contributed by atoms with van der Waals surface area (Å²) in [5, 5.41) is 0. The Morgan fingerprint density at radius 3 is 2.71 bits per heavy atom. The second-order valence-electron chi connectivity index (χ2n) is 4.27. The first-order chi connectivity index (χ1) is 8.06. The van der Waals surface area contributed by atoms with E-state index in [2.05, 4.69) is 4.98 Å². The molecule has 0 aliphatic rings. The van der Waals surface area contributed by atoms with Gasteiger partial charge in [-0.3, -0.25) is 0 Å². The first-order valence-corrected chi connectivity index (χ1v) is 5.55. The Kier molecular flexibility index (Phi) is 3.04. The van der Waals surface area contributed by atoms with E-state index in [1.165, 1.54) is 0 Å². The monoisotopic (exact) mass is 231 g/mol. The molecule has 4 nitrogen and oxygen atoms in total. The van der Waals surface area contributed by atoms with Crippen LogP contribution >= 0.6 is 0 Å². The lowest BCUT2D eigenvalue weighted by molar-refractivity contribution is 0.481. The van der Waals surface area contributed by atoms with Crippen LogP contribution in [0.25, 0.3) is 0 Å². The van der Waals surface area contributed by atoms with E-state index in [4.69, 9.17) is 10.2 Å². The molecule has 2 aromatic rings. The standard InChI is InChI=1S/C13H17N3O/c1-9-7-15-13(6-12(9)14)16(3)8-11-5-4-10(2)17-11/h4-7H,8H2,1-3H3,(H2,14,15). The van der Waals surface area contributed by atoms with E-state index in [0.29, 0.717) is 6.54 Å². The summed E-state index contributed by atoms with van der Waals surface area (Å²) < 4.78 is 5.53. The molecule has 2 rings (SSSR count). The molecular formula is C13H17N3O. The lowest BCUT2D eigenvalue weighted by Crippen LogP contribution is -2.17. The molecule has 0 atom stereocenters. The molecular weight excluding hydrogens is 214 g/mol. The minimum atomic E-state index is 0.684. The summed E-state index contributed by atoms with van der Waals surface area (Å²) >= 11 is 0. The van der Waals surface area contributed by atoms with E-state index in [9.17, 15) is 0 Å². The van der Waals surface area contributed by atoms with Gasteiger partial charge >= 0.3 is 0 Å². The van der Waals surface area contributed by atoms with Crippen molar-refractivity contribution < 1.29 is 4.42 Å². The molecule has 0 aliphatic carbocycles. The van der Waals surface area contributed by atoms with Crippen LogP contribution in [0.1, 0.15) is 17.1 Å². The summed E-state index contributed by atoms with van der Waals surface area (Å²) in [6.45, 7) is 4.57. The van der Waals surface area contributed by atoms with Gasteiger partial charge in [0.15, 0.2) is 0 Å². The fraction of sp³-hybridized carbons (Fsp3) is 0.308. The maximum Gasteiger partial charge on any atom is 0.130 e. The highest BCUT2D eigenvalue weighted by Crippen LogP contribution is 2.18. The fourth-order valence-corrected chi connectivity index (χ4v) is 1.62. The molecule has 90 valence electrons. The number of nitrogen functional groups attached to an aromatic ring is 1. The van der Waals surface area contributed by atoms with E-state index in [-0.39, 0.29) is 0 Å². The number of pyridine rings is 1. The summed E-state index contributed by atoms with van der Waals surface area (Å²) in [4.78, 5) is 6.35. The number of hydrogen-bond acceptors (Lipinski definition) is 4. The zero-order valence-electron chi connectivity index (χ0n) is 10.4. The Hall–Kier alpha value is -1.97. The maximum absolute atomic E-state index is 5.87. The lowest BCUT2D eigenvalue weighted by atomic mass is 10.2. The molecule has 0 aromatic carbocycles. The highest BCUT2D eigenvalue weighted by molar-refractivity contribution is 5.54. The first kappa shape index (κ1) is 11.5. The number of rotatable bonds is 3. The van der Waals surface area contributed by atoms with Gasteiger partial charge in [0.05, 0.1) is 6.54 Å². The van der Waals surface area contributed by atoms with Gasteiger partial charge in [-0.1, -0.05) is 0 Å². The summed E-state index contributed by atoms with van der Waals surface area (Å²) in [5.74, 6) is 2.69. The third-order valence-electron chi connectivity index (χ3n) is 2.71. The van der Waals surface area contributed by atoms with E-state index in [1.807, 2.05) is 44.0 Å². The Balaban J connectivity index is 2.14. The summed E-state index contributed by atoms with van der Waals surface area (Å²) in [6, 6.07) is 5.81. The largest absolute Gasteiger partial charge is 0.464 e. The number of hydrogen-bond donors (Lipinski definition) is 1. The highest BCUT2D eigenvalue weighted by Gasteiger charge is 2.07. The van der Waals surface area contributed by atoms with Crippen LogP contribution in [-0.4, -0.2) is 12.0 Å². The third-order valence-corrected chi connectivity index (χ3v) is 2.71. The van der Waals surface area contributed by atoms with Crippen molar-refractivity contribution >= 4 is 11.5 Å². The topological polar surface area (TPSA) is 55.3 Å². The van der Waals surface area contributed by atoms with Gasteiger partial charge in [0, 0.05) is 25.0 Å². The van der Waals surface area contributed by atoms with Crippen molar-refractivity contribution in [2.75, 3.05) is 17.7 Å². The predicted octanol–water partition coefficient (Wildman–Crippen LogP) is 2.51. The van der Waals surface area contributed by atoms with Crippen LogP contribution in [0.3, 0.4) is 0 Å². The average molecular weight is 231 g/mol. The van der Waals surface area contributed by atoms with Crippen molar-refractivity contribution in [2.45, 2.75) is 20.4 Å². The van der Waals surface area contributed by atoms with Crippen molar-refractivity contribution in [3.8, 4) is 0 Å². The minimum Gasteiger partial charge on any atom is -0.464 e. The molecule has 4 heteroatoms. The van der Waals surface area contributed by atoms with Gasteiger partial charge < -0.3 is 15.1 Å². The molecule has 2 aromatic heterocycles. The van der Waals surface area contributed by atoms with Gasteiger partial charge in [0.2, 0.25) is 0 Å². The van der Waals surface area contributed by atoms with Crippen LogP contribution in [0.2, 0.25) is 0 Å². The van der Waals surface area contributed by atoms with Gasteiger partial charge in [0.25, 0.3) is 0 Å². The van der Waals surface area contributed by atoms with Crippen LogP contribution < -0.4 is 10.6 Å². The quantitative estimate of drug-likeness (QED) is 0.881. The Morgan fingerprint density at radius 2 is 2.12 bits per heavy atom. The number of nitrogens with two attached hydrogens (primary N) is 1. The Labute approximate surface area is 101 Å². The van der Waals surface area contributed by atoms with Crippen molar-refractivity contribution in [2.24, 2.45) is 0 Å². The molecule has 2 N–H and O–H groups in total. The number of aryl methyl sites for hydroxylation is 2. The molecule has 0 saturated heterocycles. The van der Waals surface area contributed by atoms with Crippen LogP contribution in [0.15, 0.2) is 28.8 Å².